The summed E-state index contributed by atoms with van der Waals surface area (Å²) in [5.74, 6) is 2.14. The molecule has 1 atom stereocenters. The van der Waals surface area contributed by atoms with E-state index in [1.165, 1.54) is 5.56 Å². The van der Waals surface area contributed by atoms with Crippen molar-refractivity contribution in [3.8, 4) is 5.75 Å². The smallest absolute Gasteiger partial charge is 0.186 e. The van der Waals surface area contributed by atoms with Crippen molar-refractivity contribution in [3.63, 3.8) is 0 Å². The van der Waals surface area contributed by atoms with E-state index in [0.29, 0.717) is 17.4 Å². The highest BCUT2D eigenvalue weighted by Gasteiger charge is 2.28. The number of fused-ring (bicyclic) bond motifs is 1. The van der Waals surface area contributed by atoms with Crippen LogP contribution in [-0.2, 0) is 10.8 Å². The zero-order chi connectivity index (χ0) is 18.1. The first kappa shape index (κ1) is 17.6. The lowest BCUT2D eigenvalue weighted by molar-refractivity contribution is 0.320. The number of piperidine rings is 1. The normalized spacial score (nSPS) is 18.6. The molecule has 1 fully saturated rings. The lowest BCUT2D eigenvalue weighted by Gasteiger charge is -2.35. The molecule has 138 valence electrons. The summed E-state index contributed by atoms with van der Waals surface area (Å²) in [7, 11) is -1.10. The zero-order valence-electron chi connectivity index (χ0n) is 14.7. The first-order chi connectivity index (χ1) is 12.6. The maximum atomic E-state index is 12.0. The highest BCUT2D eigenvalue weighted by Crippen LogP contribution is 2.41. The van der Waals surface area contributed by atoms with Gasteiger partial charge in [0.15, 0.2) is 11.6 Å². The van der Waals surface area contributed by atoms with Gasteiger partial charge in [-0.25, -0.2) is 4.98 Å². The molecule has 0 unspecified atom stereocenters. The molecular formula is C19H22ClN3O2S. The predicted molar refractivity (Wildman–Crippen MR) is 106 cm³/mol. The number of halogens is 1. The molecule has 1 saturated heterocycles. The molecule has 0 saturated carbocycles. The first-order valence-corrected chi connectivity index (χ1v) is 10.8. The number of rotatable bonds is 3. The maximum Gasteiger partial charge on any atom is 0.186 e. The monoisotopic (exact) mass is 391 g/mol. The van der Waals surface area contributed by atoms with Crippen molar-refractivity contribution >= 4 is 33.9 Å². The largest absolute Gasteiger partial charge is 0.486 e. The molecule has 0 amide bonds. The van der Waals surface area contributed by atoms with Crippen LogP contribution in [0.1, 0.15) is 24.3 Å². The van der Waals surface area contributed by atoms with Crippen LogP contribution in [0, 0.1) is 0 Å². The Balaban J connectivity index is 1.54. The highest BCUT2D eigenvalue weighted by atomic mass is 35.5. The van der Waals surface area contributed by atoms with Gasteiger partial charge in [0, 0.05) is 37.1 Å². The second kappa shape index (κ2) is 7.45. The molecule has 4 rings (SSSR count). The van der Waals surface area contributed by atoms with Gasteiger partial charge >= 0.3 is 0 Å². The number of nitrogens with zero attached hydrogens (tertiary/aromatic N) is 2. The van der Waals surface area contributed by atoms with Gasteiger partial charge in [0.1, 0.15) is 6.61 Å². The molecular weight excluding hydrogens is 370 g/mol. The van der Waals surface area contributed by atoms with Gasteiger partial charge in [0.05, 0.1) is 21.4 Å². The van der Waals surface area contributed by atoms with E-state index in [9.17, 15) is 4.21 Å². The molecule has 0 spiro atoms. The van der Waals surface area contributed by atoms with Crippen LogP contribution in [0.4, 0.5) is 11.5 Å². The Hall–Kier alpha value is -1.79. The molecule has 26 heavy (non-hydrogen) atoms. The Labute approximate surface area is 161 Å². The SMILES string of the molecule is C[S@](=O)c1cnc(N2CCC(c3ccc(Cl)cc3)CC2)c2c1NCCO2. The summed E-state index contributed by atoms with van der Waals surface area (Å²) in [6, 6.07) is 8.18. The van der Waals surface area contributed by atoms with E-state index in [1.54, 1.807) is 12.5 Å². The number of nitrogens with one attached hydrogen (secondary N) is 1. The van der Waals surface area contributed by atoms with E-state index in [2.05, 4.69) is 27.3 Å². The number of anilines is 2. The molecule has 0 bridgehead atoms. The number of ether oxygens (including phenoxy) is 1. The van der Waals surface area contributed by atoms with Crippen LogP contribution in [-0.4, -0.2) is 41.7 Å². The van der Waals surface area contributed by atoms with E-state index in [0.717, 1.165) is 54.8 Å². The van der Waals surface area contributed by atoms with Gasteiger partial charge in [-0.3, -0.25) is 4.21 Å². The van der Waals surface area contributed by atoms with Crippen LogP contribution >= 0.6 is 11.6 Å². The third-order valence-corrected chi connectivity index (χ3v) is 6.26. The fourth-order valence-corrected chi connectivity index (χ4v) is 4.48. The van der Waals surface area contributed by atoms with Gasteiger partial charge in [-0.2, -0.15) is 0 Å². The third kappa shape index (κ3) is 3.40. The summed E-state index contributed by atoms with van der Waals surface area (Å²) in [6.45, 7) is 3.16. The number of aromatic nitrogens is 1. The van der Waals surface area contributed by atoms with Gasteiger partial charge in [0.2, 0.25) is 0 Å². The van der Waals surface area contributed by atoms with E-state index < -0.39 is 10.8 Å². The molecule has 2 aliphatic rings. The Morgan fingerprint density at radius 2 is 2.00 bits per heavy atom. The summed E-state index contributed by atoms with van der Waals surface area (Å²) >= 11 is 6.00. The highest BCUT2D eigenvalue weighted by molar-refractivity contribution is 7.84. The number of pyridine rings is 1. The Bertz CT molecular complexity index is 820. The van der Waals surface area contributed by atoms with Crippen LogP contribution in [0.2, 0.25) is 5.02 Å². The Kier molecular flexibility index (Phi) is 5.05. The van der Waals surface area contributed by atoms with Crippen molar-refractivity contribution in [3.05, 3.63) is 41.0 Å². The fourth-order valence-electron chi connectivity index (χ4n) is 3.70. The number of hydrogen-bond donors (Lipinski definition) is 1. The standard InChI is InChI=1S/C19H22ClN3O2S/c1-26(24)16-12-22-19(18-17(16)21-8-11-25-18)23-9-6-14(7-10-23)13-2-4-15(20)5-3-13/h2-5,12,14,21H,6-11H2,1H3/t26-/m0/s1. The lowest BCUT2D eigenvalue weighted by Crippen LogP contribution is -2.34. The van der Waals surface area contributed by atoms with Gasteiger partial charge in [-0.15, -0.1) is 0 Å². The van der Waals surface area contributed by atoms with E-state index in [1.807, 2.05) is 12.1 Å². The van der Waals surface area contributed by atoms with E-state index >= 15 is 0 Å². The summed E-state index contributed by atoms with van der Waals surface area (Å²) in [5, 5.41) is 4.11. The fraction of sp³-hybridized carbons (Fsp3) is 0.421. The van der Waals surface area contributed by atoms with Gasteiger partial charge in [-0.05, 0) is 36.5 Å². The topological polar surface area (TPSA) is 54.5 Å². The van der Waals surface area contributed by atoms with Crippen LogP contribution in [0.25, 0.3) is 0 Å². The van der Waals surface area contributed by atoms with Gasteiger partial charge in [0.25, 0.3) is 0 Å². The Morgan fingerprint density at radius 1 is 1.27 bits per heavy atom. The molecule has 7 heteroatoms. The molecule has 1 aromatic carbocycles. The average Bonchev–Trinajstić information content (AvgIpc) is 2.68. The van der Waals surface area contributed by atoms with Gasteiger partial charge < -0.3 is 15.0 Å². The second-order valence-electron chi connectivity index (χ2n) is 6.69. The summed E-state index contributed by atoms with van der Waals surface area (Å²) in [4.78, 5) is 7.58. The zero-order valence-corrected chi connectivity index (χ0v) is 16.3. The molecule has 0 radical (unpaired) electrons. The quantitative estimate of drug-likeness (QED) is 0.865. The molecule has 0 aliphatic carbocycles. The third-order valence-electron chi connectivity index (χ3n) is 5.08. The Morgan fingerprint density at radius 3 is 2.69 bits per heavy atom. The van der Waals surface area contributed by atoms with Crippen molar-refractivity contribution in [2.45, 2.75) is 23.7 Å². The molecule has 1 N–H and O–H groups in total. The summed E-state index contributed by atoms with van der Waals surface area (Å²) < 4.78 is 17.9. The molecule has 5 nitrogen and oxygen atoms in total. The van der Waals surface area contributed by atoms with Crippen molar-refractivity contribution in [2.75, 3.05) is 42.7 Å². The van der Waals surface area contributed by atoms with Crippen LogP contribution in [0.3, 0.4) is 0 Å². The minimum atomic E-state index is -1.10. The number of hydrogen-bond acceptors (Lipinski definition) is 5. The first-order valence-electron chi connectivity index (χ1n) is 8.87. The van der Waals surface area contributed by atoms with E-state index in [-0.39, 0.29) is 0 Å². The van der Waals surface area contributed by atoms with Crippen LogP contribution in [0.5, 0.6) is 5.75 Å². The molecule has 3 heterocycles. The van der Waals surface area contributed by atoms with Crippen LogP contribution in [0.15, 0.2) is 35.4 Å². The predicted octanol–water partition coefficient (Wildman–Crippen LogP) is 3.66. The maximum absolute atomic E-state index is 12.0. The molecule has 2 aromatic rings. The molecule has 1 aromatic heterocycles. The van der Waals surface area contributed by atoms with E-state index in [4.69, 9.17) is 16.3 Å². The van der Waals surface area contributed by atoms with Crippen LogP contribution < -0.4 is 15.0 Å². The van der Waals surface area contributed by atoms with Crippen molar-refractivity contribution in [2.24, 2.45) is 0 Å². The lowest BCUT2D eigenvalue weighted by atomic mass is 9.89. The second-order valence-corrected chi connectivity index (χ2v) is 8.48. The summed E-state index contributed by atoms with van der Waals surface area (Å²) in [6.07, 6.45) is 5.52. The average molecular weight is 392 g/mol. The number of benzene rings is 1. The molecule has 2 aliphatic heterocycles. The van der Waals surface area contributed by atoms with Gasteiger partial charge in [-0.1, -0.05) is 23.7 Å². The van der Waals surface area contributed by atoms with Crippen molar-refractivity contribution in [1.29, 1.82) is 0 Å². The van der Waals surface area contributed by atoms with Crippen molar-refractivity contribution < 1.29 is 8.95 Å². The summed E-state index contributed by atoms with van der Waals surface area (Å²) in [5.41, 5.74) is 2.18. The minimum Gasteiger partial charge on any atom is -0.486 e. The minimum absolute atomic E-state index is 0.542. The van der Waals surface area contributed by atoms with Crippen molar-refractivity contribution in [1.82, 2.24) is 4.98 Å².